The van der Waals surface area contributed by atoms with Gasteiger partial charge >= 0.3 is 0 Å². The zero-order valence-electron chi connectivity index (χ0n) is 9.01. The standard InChI is InChI=1S/C10H11Cl2N3OS/c1-2-9(16)14-15-10(17)13-8-4-6(11)3-7(12)5-8/h3-5H,2H2,1H3,(H,14,16)(H2,13,15,17). The van der Waals surface area contributed by atoms with Gasteiger partial charge in [0.05, 0.1) is 0 Å². The highest BCUT2D eigenvalue weighted by Gasteiger charge is 2.02. The summed E-state index contributed by atoms with van der Waals surface area (Å²) in [5, 5.41) is 4.10. The van der Waals surface area contributed by atoms with E-state index in [9.17, 15) is 4.79 Å². The second kappa shape index (κ2) is 6.64. The summed E-state index contributed by atoms with van der Waals surface area (Å²) in [7, 11) is 0. The Morgan fingerprint density at radius 3 is 2.35 bits per heavy atom. The molecule has 1 aromatic carbocycles. The van der Waals surface area contributed by atoms with Crippen LogP contribution in [0, 0.1) is 0 Å². The minimum absolute atomic E-state index is 0.154. The zero-order valence-corrected chi connectivity index (χ0v) is 11.3. The normalized spacial score (nSPS) is 9.59. The van der Waals surface area contributed by atoms with Crippen LogP contribution in [-0.2, 0) is 4.79 Å². The lowest BCUT2D eigenvalue weighted by atomic mass is 10.3. The van der Waals surface area contributed by atoms with Crippen molar-refractivity contribution in [3.05, 3.63) is 28.2 Å². The van der Waals surface area contributed by atoms with Crippen LogP contribution in [-0.4, -0.2) is 11.0 Å². The number of benzene rings is 1. The van der Waals surface area contributed by atoms with Gasteiger partial charge in [0.1, 0.15) is 0 Å². The van der Waals surface area contributed by atoms with Gasteiger partial charge in [0.25, 0.3) is 0 Å². The van der Waals surface area contributed by atoms with Gasteiger partial charge in [-0.1, -0.05) is 30.1 Å². The van der Waals surface area contributed by atoms with Gasteiger partial charge in [0.15, 0.2) is 5.11 Å². The molecule has 17 heavy (non-hydrogen) atoms. The molecule has 1 rings (SSSR count). The Balaban J connectivity index is 2.53. The molecule has 4 nitrogen and oxygen atoms in total. The SMILES string of the molecule is CCC(=O)NNC(=S)Nc1cc(Cl)cc(Cl)c1. The molecule has 92 valence electrons. The van der Waals surface area contributed by atoms with Crippen LogP contribution in [0.4, 0.5) is 5.69 Å². The molecule has 3 N–H and O–H groups in total. The van der Waals surface area contributed by atoms with E-state index in [4.69, 9.17) is 35.4 Å². The van der Waals surface area contributed by atoms with Crippen LogP contribution in [0.3, 0.4) is 0 Å². The van der Waals surface area contributed by atoms with Gasteiger partial charge in [-0.2, -0.15) is 0 Å². The van der Waals surface area contributed by atoms with E-state index in [1.54, 1.807) is 25.1 Å². The van der Waals surface area contributed by atoms with Crippen LogP contribution in [0.15, 0.2) is 18.2 Å². The summed E-state index contributed by atoms with van der Waals surface area (Å²) in [6.07, 6.45) is 0.374. The second-order valence-corrected chi connectivity index (χ2v) is 4.42. The van der Waals surface area contributed by atoms with Crippen LogP contribution in [0.2, 0.25) is 10.0 Å². The maximum Gasteiger partial charge on any atom is 0.238 e. The molecule has 0 fully saturated rings. The van der Waals surface area contributed by atoms with E-state index in [-0.39, 0.29) is 11.0 Å². The van der Waals surface area contributed by atoms with Gasteiger partial charge in [0.2, 0.25) is 5.91 Å². The number of hydrazine groups is 1. The van der Waals surface area contributed by atoms with Crippen molar-refractivity contribution < 1.29 is 4.79 Å². The van der Waals surface area contributed by atoms with Crippen molar-refractivity contribution in [2.24, 2.45) is 0 Å². The second-order valence-electron chi connectivity index (χ2n) is 3.14. The lowest BCUT2D eigenvalue weighted by Crippen LogP contribution is -2.43. The fraction of sp³-hybridized carbons (Fsp3) is 0.200. The summed E-state index contributed by atoms with van der Waals surface area (Å²) in [4.78, 5) is 11.0. The van der Waals surface area contributed by atoms with Crippen molar-refractivity contribution in [2.45, 2.75) is 13.3 Å². The van der Waals surface area contributed by atoms with Crippen LogP contribution >= 0.6 is 35.4 Å². The first-order valence-electron chi connectivity index (χ1n) is 4.83. The summed E-state index contributed by atoms with van der Waals surface area (Å²) in [5.41, 5.74) is 5.62. The lowest BCUT2D eigenvalue weighted by molar-refractivity contribution is -0.121. The van der Waals surface area contributed by atoms with Crippen molar-refractivity contribution >= 4 is 52.1 Å². The largest absolute Gasteiger partial charge is 0.331 e. The third-order valence-electron chi connectivity index (χ3n) is 1.76. The number of nitrogens with one attached hydrogen (secondary N) is 3. The Hall–Kier alpha value is -1.04. The van der Waals surface area contributed by atoms with Crippen molar-refractivity contribution in [1.82, 2.24) is 10.9 Å². The number of rotatable bonds is 2. The number of amides is 1. The molecule has 0 aliphatic carbocycles. The summed E-state index contributed by atoms with van der Waals surface area (Å²) >= 11 is 16.6. The molecule has 0 spiro atoms. The van der Waals surface area contributed by atoms with Crippen LogP contribution in [0.25, 0.3) is 0 Å². The molecular weight excluding hydrogens is 281 g/mol. The number of anilines is 1. The molecule has 0 bridgehead atoms. The average molecular weight is 292 g/mol. The number of carbonyl (C=O) groups is 1. The first-order chi connectivity index (χ1) is 8.01. The van der Waals surface area contributed by atoms with E-state index >= 15 is 0 Å². The smallest absolute Gasteiger partial charge is 0.238 e. The molecule has 0 aromatic heterocycles. The zero-order chi connectivity index (χ0) is 12.8. The Morgan fingerprint density at radius 1 is 1.24 bits per heavy atom. The molecule has 0 heterocycles. The summed E-state index contributed by atoms with van der Waals surface area (Å²) in [6.45, 7) is 1.74. The summed E-state index contributed by atoms with van der Waals surface area (Å²) in [5.74, 6) is -0.154. The number of halogens is 2. The van der Waals surface area contributed by atoms with Crippen LogP contribution < -0.4 is 16.2 Å². The summed E-state index contributed by atoms with van der Waals surface area (Å²) < 4.78 is 0. The van der Waals surface area contributed by atoms with Crippen molar-refractivity contribution in [3.8, 4) is 0 Å². The highest BCUT2D eigenvalue weighted by atomic mass is 35.5. The number of hydrogen-bond donors (Lipinski definition) is 3. The summed E-state index contributed by atoms with van der Waals surface area (Å²) in [6, 6.07) is 4.95. The third-order valence-corrected chi connectivity index (χ3v) is 2.40. The molecule has 0 atom stereocenters. The van der Waals surface area contributed by atoms with Crippen LogP contribution in [0.1, 0.15) is 13.3 Å². The van der Waals surface area contributed by atoms with E-state index in [1.165, 1.54) is 0 Å². The van der Waals surface area contributed by atoms with E-state index in [1.807, 2.05) is 0 Å². The molecule has 0 aliphatic heterocycles. The first-order valence-corrected chi connectivity index (χ1v) is 5.99. The molecule has 0 radical (unpaired) electrons. The van der Waals surface area contributed by atoms with E-state index in [0.29, 0.717) is 22.2 Å². The molecule has 0 saturated heterocycles. The van der Waals surface area contributed by atoms with E-state index < -0.39 is 0 Å². The Kier molecular flexibility index (Phi) is 5.47. The fourth-order valence-electron chi connectivity index (χ4n) is 1.00. The predicted octanol–water partition coefficient (Wildman–Crippen LogP) is 2.72. The minimum atomic E-state index is -0.154. The Bertz CT molecular complexity index is 419. The predicted molar refractivity (Wildman–Crippen MR) is 74.3 cm³/mol. The number of thiocarbonyl (C=S) groups is 1. The first kappa shape index (κ1) is 14.0. The van der Waals surface area contributed by atoms with Gasteiger partial charge in [0, 0.05) is 22.2 Å². The Labute approximate surface area is 115 Å². The average Bonchev–Trinajstić information content (AvgIpc) is 2.24. The molecule has 1 amide bonds. The van der Waals surface area contributed by atoms with Gasteiger partial charge in [-0.15, -0.1) is 0 Å². The molecule has 1 aromatic rings. The van der Waals surface area contributed by atoms with Gasteiger partial charge in [-0.25, -0.2) is 0 Å². The van der Waals surface area contributed by atoms with Crippen LogP contribution in [0.5, 0.6) is 0 Å². The molecule has 7 heteroatoms. The quantitative estimate of drug-likeness (QED) is 0.579. The Morgan fingerprint density at radius 2 is 1.82 bits per heavy atom. The highest BCUT2D eigenvalue weighted by Crippen LogP contribution is 2.22. The van der Waals surface area contributed by atoms with Crippen molar-refractivity contribution in [3.63, 3.8) is 0 Å². The number of hydrogen-bond acceptors (Lipinski definition) is 2. The molecule has 0 unspecified atom stereocenters. The van der Waals surface area contributed by atoms with Crippen molar-refractivity contribution in [1.29, 1.82) is 0 Å². The van der Waals surface area contributed by atoms with E-state index in [2.05, 4.69) is 16.2 Å². The van der Waals surface area contributed by atoms with E-state index in [0.717, 1.165) is 0 Å². The molecule has 0 aliphatic rings. The highest BCUT2D eigenvalue weighted by molar-refractivity contribution is 7.80. The maximum absolute atomic E-state index is 11.0. The minimum Gasteiger partial charge on any atom is -0.331 e. The van der Waals surface area contributed by atoms with Gasteiger partial charge in [-0.3, -0.25) is 15.6 Å². The lowest BCUT2D eigenvalue weighted by Gasteiger charge is -2.11. The van der Waals surface area contributed by atoms with Crippen molar-refractivity contribution in [2.75, 3.05) is 5.32 Å². The molecule has 0 saturated carbocycles. The molecular formula is C10H11Cl2N3OS. The van der Waals surface area contributed by atoms with Gasteiger partial charge in [-0.05, 0) is 30.4 Å². The monoisotopic (exact) mass is 291 g/mol. The third kappa shape index (κ3) is 5.21. The fourth-order valence-corrected chi connectivity index (χ4v) is 1.70. The van der Waals surface area contributed by atoms with Gasteiger partial charge < -0.3 is 5.32 Å². The topological polar surface area (TPSA) is 53.2 Å². The number of carbonyl (C=O) groups excluding carboxylic acids is 1. The maximum atomic E-state index is 11.0.